The Labute approximate surface area is 186 Å². The zero-order valence-electron chi connectivity index (χ0n) is 17.8. The molecule has 3 heterocycles. The molecule has 0 aliphatic carbocycles. The third-order valence-corrected chi connectivity index (χ3v) is 6.28. The molecule has 1 unspecified atom stereocenters. The van der Waals surface area contributed by atoms with Crippen LogP contribution in [0.1, 0.15) is 35.8 Å². The van der Waals surface area contributed by atoms with Crippen molar-refractivity contribution in [2.45, 2.75) is 19.9 Å². The fraction of sp³-hybridized carbons (Fsp3) is 0.240. The third kappa shape index (κ3) is 4.65. The summed E-state index contributed by atoms with van der Waals surface area (Å²) in [4.78, 5) is 24.6. The van der Waals surface area contributed by atoms with Crippen molar-refractivity contribution >= 4 is 28.1 Å². The van der Waals surface area contributed by atoms with Crippen LogP contribution in [0.2, 0.25) is 0 Å². The minimum absolute atomic E-state index is 0.0821. The second-order valence-corrected chi connectivity index (χ2v) is 8.09. The van der Waals surface area contributed by atoms with E-state index in [0.717, 1.165) is 35.2 Å². The highest BCUT2D eigenvalue weighted by molar-refractivity contribution is 7.08. The Balaban J connectivity index is 1.65. The first-order valence-corrected chi connectivity index (χ1v) is 11.5. The summed E-state index contributed by atoms with van der Waals surface area (Å²) in [5.41, 5.74) is 4.39. The number of benzene rings is 1. The Morgan fingerprint density at radius 3 is 2.58 bits per heavy atom. The van der Waals surface area contributed by atoms with Crippen LogP contribution in [-0.4, -0.2) is 40.4 Å². The minimum atomic E-state index is -0.0821. The zero-order chi connectivity index (χ0) is 21.6. The Kier molecular flexibility index (Phi) is 6.70. The zero-order valence-corrected chi connectivity index (χ0v) is 18.6. The molecule has 0 bridgehead atoms. The highest BCUT2D eigenvalue weighted by Crippen LogP contribution is 2.26. The fourth-order valence-corrected chi connectivity index (χ4v) is 4.61. The Morgan fingerprint density at radius 2 is 1.87 bits per heavy atom. The number of likely N-dealkylation sites (N-methyl/N-ethyl adjacent to an activating group) is 1. The van der Waals surface area contributed by atoms with Crippen molar-refractivity contribution in [1.29, 1.82) is 0 Å². The van der Waals surface area contributed by atoms with Crippen LogP contribution in [0.15, 0.2) is 71.7 Å². The SMILES string of the molecule is CCN(CC)C(CNC(=O)c1cc(-c2ccncc2)nc2ccccc12)c1ccsc1. The predicted octanol–water partition coefficient (Wildman–Crippen LogP) is 5.17. The summed E-state index contributed by atoms with van der Waals surface area (Å²) in [6, 6.07) is 15.8. The summed E-state index contributed by atoms with van der Waals surface area (Å²) < 4.78 is 0. The molecule has 158 valence electrons. The molecule has 0 saturated heterocycles. The first-order chi connectivity index (χ1) is 15.2. The van der Waals surface area contributed by atoms with Gasteiger partial charge in [0.2, 0.25) is 0 Å². The number of hydrogen-bond donors (Lipinski definition) is 1. The van der Waals surface area contributed by atoms with E-state index in [1.807, 2.05) is 42.5 Å². The van der Waals surface area contributed by atoms with E-state index in [9.17, 15) is 4.79 Å². The smallest absolute Gasteiger partial charge is 0.252 e. The van der Waals surface area contributed by atoms with Crippen LogP contribution in [-0.2, 0) is 0 Å². The van der Waals surface area contributed by atoms with E-state index in [0.29, 0.717) is 12.1 Å². The lowest BCUT2D eigenvalue weighted by molar-refractivity contribution is 0.0936. The standard InChI is InChI=1S/C25H26N4OS/c1-3-29(4-2)24(19-11-14-31-17-19)16-27-25(30)21-15-23(18-9-12-26-13-10-18)28-22-8-6-5-7-20(21)22/h5-15,17,24H,3-4,16H2,1-2H3,(H,27,30). The van der Waals surface area contributed by atoms with E-state index in [4.69, 9.17) is 4.98 Å². The Morgan fingerprint density at radius 1 is 1.10 bits per heavy atom. The van der Waals surface area contributed by atoms with Crippen LogP contribution in [0.4, 0.5) is 0 Å². The number of amides is 1. The number of thiophene rings is 1. The van der Waals surface area contributed by atoms with Crippen LogP contribution in [0.3, 0.4) is 0 Å². The van der Waals surface area contributed by atoms with Gasteiger partial charge in [-0.25, -0.2) is 4.98 Å². The lowest BCUT2D eigenvalue weighted by Crippen LogP contribution is -2.38. The maximum Gasteiger partial charge on any atom is 0.252 e. The van der Waals surface area contributed by atoms with Crippen LogP contribution in [0.5, 0.6) is 0 Å². The van der Waals surface area contributed by atoms with Gasteiger partial charge in [-0.05, 0) is 59.7 Å². The lowest BCUT2D eigenvalue weighted by Gasteiger charge is -2.29. The molecule has 0 aliphatic heterocycles. The number of nitrogens with zero attached hydrogens (tertiary/aromatic N) is 3. The lowest BCUT2D eigenvalue weighted by atomic mass is 10.0. The van der Waals surface area contributed by atoms with Crippen molar-refractivity contribution in [3.8, 4) is 11.3 Å². The number of para-hydroxylation sites is 1. The molecule has 0 fully saturated rings. The Hall–Kier alpha value is -3.09. The molecule has 1 amide bonds. The molecule has 5 nitrogen and oxygen atoms in total. The van der Waals surface area contributed by atoms with Crippen LogP contribution < -0.4 is 5.32 Å². The fourth-order valence-electron chi connectivity index (χ4n) is 3.91. The number of aromatic nitrogens is 2. The van der Waals surface area contributed by atoms with Crippen LogP contribution in [0.25, 0.3) is 22.2 Å². The van der Waals surface area contributed by atoms with Crippen molar-refractivity contribution in [3.63, 3.8) is 0 Å². The van der Waals surface area contributed by atoms with E-state index in [1.54, 1.807) is 23.7 Å². The van der Waals surface area contributed by atoms with Gasteiger partial charge in [-0.1, -0.05) is 32.0 Å². The molecule has 6 heteroatoms. The van der Waals surface area contributed by atoms with Crippen LogP contribution in [0, 0.1) is 0 Å². The molecule has 0 aliphatic rings. The highest BCUT2D eigenvalue weighted by atomic mass is 32.1. The molecule has 0 saturated carbocycles. The number of fused-ring (bicyclic) bond motifs is 1. The van der Waals surface area contributed by atoms with Crippen molar-refractivity contribution in [2.24, 2.45) is 0 Å². The first-order valence-electron chi connectivity index (χ1n) is 10.6. The number of pyridine rings is 2. The highest BCUT2D eigenvalue weighted by Gasteiger charge is 2.21. The monoisotopic (exact) mass is 430 g/mol. The number of nitrogens with one attached hydrogen (secondary N) is 1. The molecule has 4 rings (SSSR count). The van der Waals surface area contributed by atoms with Gasteiger partial charge in [-0.2, -0.15) is 11.3 Å². The molecule has 4 aromatic rings. The molecule has 31 heavy (non-hydrogen) atoms. The maximum absolute atomic E-state index is 13.3. The Bertz CT molecular complexity index is 1140. The van der Waals surface area contributed by atoms with Crippen molar-refractivity contribution in [3.05, 3.63) is 82.8 Å². The van der Waals surface area contributed by atoms with Crippen molar-refractivity contribution in [2.75, 3.05) is 19.6 Å². The van der Waals surface area contributed by atoms with Gasteiger partial charge < -0.3 is 5.32 Å². The summed E-state index contributed by atoms with van der Waals surface area (Å²) in [5, 5.41) is 8.30. The summed E-state index contributed by atoms with van der Waals surface area (Å²) in [7, 11) is 0. The van der Waals surface area contributed by atoms with E-state index >= 15 is 0 Å². The normalized spacial score (nSPS) is 12.2. The number of carbonyl (C=O) groups is 1. The van der Waals surface area contributed by atoms with E-state index in [1.165, 1.54) is 5.56 Å². The van der Waals surface area contributed by atoms with Gasteiger partial charge in [0.1, 0.15) is 0 Å². The van der Waals surface area contributed by atoms with Crippen molar-refractivity contribution in [1.82, 2.24) is 20.2 Å². The second-order valence-electron chi connectivity index (χ2n) is 7.31. The first kappa shape index (κ1) is 21.2. The predicted molar refractivity (Wildman–Crippen MR) is 127 cm³/mol. The summed E-state index contributed by atoms with van der Waals surface area (Å²) in [6.45, 7) is 6.72. The van der Waals surface area contributed by atoms with Gasteiger partial charge in [0.15, 0.2) is 0 Å². The molecule has 1 N–H and O–H groups in total. The quantitative estimate of drug-likeness (QED) is 0.419. The van der Waals surface area contributed by atoms with Gasteiger partial charge in [0, 0.05) is 29.9 Å². The van der Waals surface area contributed by atoms with Gasteiger partial charge in [-0.15, -0.1) is 0 Å². The van der Waals surface area contributed by atoms with E-state index in [-0.39, 0.29) is 11.9 Å². The number of rotatable bonds is 8. The van der Waals surface area contributed by atoms with Gasteiger partial charge >= 0.3 is 0 Å². The van der Waals surface area contributed by atoms with E-state index in [2.05, 4.69) is 45.9 Å². The molecular weight excluding hydrogens is 404 g/mol. The molecule has 1 aromatic carbocycles. The minimum Gasteiger partial charge on any atom is -0.350 e. The summed E-state index contributed by atoms with van der Waals surface area (Å²) in [5.74, 6) is -0.0821. The molecule has 3 aromatic heterocycles. The summed E-state index contributed by atoms with van der Waals surface area (Å²) in [6.07, 6.45) is 3.48. The summed E-state index contributed by atoms with van der Waals surface area (Å²) >= 11 is 1.69. The number of hydrogen-bond acceptors (Lipinski definition) is 5. The molecule has 0 radical (unpaired) electrons. The second kappa shape index (κ2) is 9.81. The van der Waals surface area contributed by atoms with Crippen LogP contribution >= 0.6 is 11.3 Å². The van der Waals surface area contributed by atoms with Gasteiger partial charge in [-0.3, -0.25) is 14.7 Å². The van der Waals surface area contributed by atoms with Crippen molar-refractivity contribution < 1.29 is 4.79 Å². The third-order valence-electron chi connectivity index (χ3n) is 5.57. The molecular formula is C25H26N4OS. The maximum atomic E-state index is 13.3. The van der Waals surface area contributed by atoms with E-state index < -0.39 is 0 Å². The molecule has 0 spiro atoms. The largest absolute Gasteiger partial charge is 0.350 e. The molecule has 1 atom stereocenters. The average molecular weight is 431 g/mol. The van der Waals surface area contributed by atoms with Gasteiger partial charge in [0.05, 0.1) is 22.8 Å². The topological polar surface area (TPSA) is 58.1 Å². The average Bonchev–Trinajstić information content (AvgIpc) is 3.36. The number of carbonyl (C=O) groups excluding carboxylic acids is 1. The van der Waals surface area contributed by atoms with Gasteiger partial charge in [0.25, 0.3) is 5.91 Å².